The first-order valence-corrected chi connectivity index (χ1v) is 9.81. The highest BCUT2D eigenvalue weighted by atomic mass is 35.5. The van der Waals surface area contributed by atoms with Crippen LogP contribution in [0.25, 0.3) is 10.9 Å². The highest BCUT2D eigenvalue weighted by Gasteiger charge is 2.25. The lowest BCUT2D eigenvalue weighted by Gasteiger charge is -2.10. The Morgan fingerprint density at radius 2 is 1.92 bits per heavy atom. The van der Waals surface area contributed by atoms with Gasteiger partial charge in [-0.05, 0) is 61.9 Å². The Morgan fingerprint density at radius 3 is 2.62 bits per heavy atom. The first kappa shape index (κ1) is 16.0. The fraction of sp³-hybridized carbons (Fsp3) is 0.350. The Bertz CT molecular complexity index is 879. The zero-order valence-electron chi connectivity index (χ0n) is 14.1. The van der Waals surface area contributed by atoms with Crippen molar-refractivity contribution in [2.75, 3.05) is 0 Å². The molecule has 2 heterocycles. The maximum Gasteiger partial charge on any atom is 0.121 e. The van der Waals surface area contributed by atoms with Crippen molar-refractivity contribution < 1.29 is 0 Å². The number of nitrogens with zero attached hydrogens (tertiary/aromatic N) is 2. The van der Waals surface area contributed by atoms with Crippen LogP contribution in [0.1, 0.15) is 29.7 Å². The molecule has 2 aromatic heterocycles. The average molecular weight is 357 g/mol. The molecule has 1 aromatic carbocycles. The lowest BCUT2D eigenvalue weighted by molar-refractivity contribution is 0.628. The van der Waals surface area contributed by atoms with E-state index in [1.54, 1.807) is 0 Å². The summed E-state index contributed by atoms with van der Waals surface area (Å²) in [6, 6.07) is 10.3. The predicted molar refractivity (Wildman–Crippen MR) is 103 cm³/mol. The number of halogens is 1. The van der Waals surface area contributed by atoms with Crippen LogP contribution < -0.4 is 0 Å². The topological polar surface area (TPSA) is 17.8 Å². The summed E-state index contributed by atoms with van der Waals surface area (Å²) in [6.45, 7) is 5.61. The molecule has 0 N–H and O–H groups in total. The minimum Gasteiger partial charge on any atom is -0.342 e. The summed E-state index contributed by atoms with van der Waals surface area (Å²) in [5.41, 5.74) is 5.37. The van der Waals surface area contributed by atoms with Gasteiger partial charge in [0.25, 0.3) is 0 Å². The fourth-order valence-corrected chi connectivity index (χ4v) is 4.30. The zero-order valence-corrected chi connectivity index (χ0v) is 15.6. The van der Waals surface area contributed by atoms with Gasteiger partial charge in [-0.2, -0.15) is 0 Å². The van der Waals surface area contributed by atoms with Gasteiger partial charge in [0.15, 0.2) is 0 Å². The van der Waals surface area contributed by atoms with Crippen molar-refractivity contribution in [1.29, 1.82) is 0 Å². The Labute approximate surface area is 152 Å². The Hall–Kier alpha value is -1.45. The molecule has 0 atom stereocenters. The van der Waals surface area contributed by atoms with Crippen molar-refractivity contribution in [3.05, 3.63) is 58.4 Å². The Morgan fingerprint density at radius 1 is 1.17 bits per heavy atom. The monoisotopic (exact) mass is 356 g/mol. The molecule has 0 spiro atoms. The van der Waals surface area contributed by atoms with Crippen molar-refractivity contribution in [3.63, 3.8) is 0 Å². The van der Waals surface area contributed by atoms with Crippen LogP contribution in [0.4, 0.5) is 0 Å². The quantitative estimate of drug-likeness (QED) is 0.521. The summed E-state index contributed by atoms with van der Waals surface area (Å²) in [5, 5.41) is 3.27. The zero-order chi connectivity index (χ0) is 16.7. The van der Waals surface area contributed by atoms with Crippen molar-refractivity contribution in [2.24, 2.45) is 5.92 Å². The van der Waals surface area contributed by atoms with Gasteiger partial charge in [0.2, 0.25) is 0 Å². The van der Waals surface area contributed by atoms with E-state index in [4.69, 9.17) is 16.6 Å². The molecule has 24 heavy (non-hydrogen) atoms. The molecule has 0 radical (unpaired) electrons. The van der Waals surface area contributed by atoms with Gasteiger partial charge in [-0.1, -0.05) is 35.5 Å². The van der Waals surface area contributed by atoms with E-state index in [9.17, 15) is 0 Å². The minimum absolute atomic E-state index is 0.786. The van der Waals surface area contributed by atoms with Gasteiger partial charge >= 0.3 is 0 Å². The first-order chi connectivity index (χ1) is 11.6. The van der Waals surface area contributed by atoms with Gasteiger partial charge < -0.3 is 4.57 Å². The molecular weight excluding hydrogens is 336 g/mol. The van der Waals surface area contributed by atoms with E-state index < -0.39 is 0 Å². The molecular formula is C20H21ClN2S. The SMILES string of the molecule is Cc1c(C)n(CC2CC2)c2c(SCc3ccc(Cl)cc3)nccc12. The van der Waals surface area contributed by atoms with Crippen LogP contribution in [0, 0.1) is 19.8 Å². The highest BCUT2D eigenvalue weighted by Crippen LogP contribution is 2.37. The van der Waals surface area contributed by atoms with Gasteiger partial charge in [-0.3, -0.25) is 0 Å². The van der Waals surface area contributed by atoms with Crippen LogP contribution in [0.15, 0.2) is 41.6 Å². The Kier molecular flexibility index (Phi) is 4.31. The van der Waals surface area contributed by atoms with Crippen LogP contribution in [-0.4, -0.2) is 9.55 Å². The fourth-order valence-electron chi connectivity index (χ4n) is 3.19. The first-order valence-electron chi connectivity index (χ1n) is 8.45. The molecule has 1 aliphatic rings. The molecule has 0 amide bonds. The molecule has 0 aliphatic heterocycles. The van der Waals surface area contributed by atoms with Crippen LogP contribution in [-0.2, 0) is 12.3 Å². The van der Waals surface area contributed by atoms with Crippen LogP contribution in [0.3, 0.4) is 0 Å². The third kappa shape index (κ3) is 3.07. The molecule has 1 aliphatic carbocycles. The number of hydrogen-bond acceptors (Lipinski definition) is 2. The average Bonchev–Trinajstić information content (AvgIpc) is 3.38. The maximum absolute atomic E-state index is 5.98. The summed E-state index contributed by atoms with van der Waals surface area (Å²) in [7, 11) is 0. The third-order valence-corrected chi connectivity index (χ3v) is 6.24. The summed E-state index contributed by atoms with van der Waals surface area (Å²) >= 11 is 7.80. The number of pyridine rings is 1. The molecule has 0 saturated heterocycles. The van der Waals surface area contributed by atoms with Crippen LogP contribution >= 0.6 is 23.4 Å². The van der Waals surface area contributed by atoms with Crippen molar-refractivity contribution in [2.45, 2.75) is 44.0 Å². The highest BCUT2D eigenvalue weighted by molar-refractivity contribution is 7.98. The van der Waals surface area contributed by atoms with E-state index >= 15 is 0 Å². The smallest absolute Gasteiger partial charge is 0.121 e. The molecule has 1 saturated carbocycles. The second-order valence-corrected chi connectivity index (χ2v) is 8.09. The van der Waals surface area contributed by atoms with Crippen molar-refractivity contribution in [1.82, 2.24) is 9.55 Å². The van der Waals surface area contributed by atoms with Crippen LogP contribution in [0.5, 0.6) is 0 Å². The van der Waals surface area contributed by atoms with Gasteiger partial charge in [0, 0.05) is 34.6 Å². The predicted octanol–water partition coefficient (Wildman–Crippen LogP) is 6.01. The van der Waals surface area contributed by atoms with Gasteiger partial charge in [0.1, 0.15) is 5.03 Å². The molecule has 1 fully saturated rings. The maximum atomic E-state index is 5.98. The molecule has 3 aromatic rings. The minimum atomic E-state index is 0.786. The van der Waals surface area contributed by atoms with E-state index in [1.165, 1.54) is 40.6 Å². The largest absolute Gasteiger partial charge is 0.342 e. The summed E-state index contributed by atoms with van der Waals surface area (Å²) < 4.78 is 2.50. The van der Waals surface area contributed by atoms with Crippen LogP contribution in [0.2, 0.25) is 5.02 Å². The second kappa shape index (κ2) is 6.45. The number of aryl methyl sites for hydroxylation is 1. The molecule has 124 valence electrons. The Balaban J connectivity index is 1.69. The number of fused-ring (bicyclic) bond motifs is 1. The molecule has 4 rings (SSSR count). The van der Waals surface area contributed by atoms with Gasteiger partial charge in [-0.25, -0.2) is 4.98 Å². The number of hydrogen-bond donors (Lipinski definition) is 0. The number of aromatic nitrogens is 2. The normalized spacial score (nSPS) is 14.5. The molecule has 0 bridgehead atoms. The lowest BCUT2D eigenvalue weighted by Crippen LogP contribution is -2.03. The molecule has 4 heteroatoms. The van der Waals surface area contributed by atoms with E-state index in [-0.39, 0.29) is 0 Å². The van der Waals surface area contributed by atoms with E-state index in [1.807, 2.05) is 30.1 Å². The van der Waals surface area contributed by atoms with Crippen molar-refractivity contribution in [3.8, 4) is 0 Å². The number of thioether (sulfide) groups is 1. The standard InChI is InChI=1S/C20H21ClN2S/c1-13-14(2)23(11-15-3-4-15)19-18(13)9-10-22-20(19)24-12-16-5-7-17(21)8-6-16/h5-10,15H,3-4,11-12H2,1-2H3. The summed E-state index contributed by atoms with van der Waals surface area (Å²) in [4.78, 5) is 4.70. The van der Waals surface area contributed by atoms with E-state index in [0.29, 0.717) is 0 Å². The summed E-state index contributed by atoms with van der Waals surface area (Å²) in [5.74, 6) is 1.77. The summed E-state index contributed by atoms with van der Waals surface area (Å²) in [6.07, 6.45) is 4.68. The van der Waals surface area contributed by atoms with E-state index in [2.05, 4.69) is 36.6 Å². The van der Waals surface area contributed by atoms with Gasteiger partial charge in [0.05, 0.1) is 5.52 Å². The second-order valence-electron chi connectivity index (χ2n) is 6.69. The molecule has 2 nitrogen and oxygen atoms in total. The lowest BCUT2D eigenvalue weighted by atomic mass is 10.2. The van der Waals surface area contributed by atoms with E-state index in [0.717, 1.165) is 28.3 Å². The number of rotatable bonds is 5. The van der Waals surface area contributed by atoms with Gasteiger partial charge in [-0.15, -0.1) is 0 Å². The third-order valence-electron chi connectivity index (χ3n) is 4.94. The molecule has 0 unspecified atom stereocenters. The van der Waals surface area contributed by atoms with Crippen molar-refractivity contribution >= 4 is 34.3 Å². The number of benzene rings is 1.